The predicted octanol–water partition coefficient (Wildman–Crippen LogP) is 35.1. The van der Waals surface area contributed by atoms with Crippen molar-refractivity contribution >= 4 is 150 Å². The highest BCUT2D eigenvalue weighted by molar-refractivity contribution is 6.26. The Morgan fingerprint density at radius 2 is 0.438 bits per heavy atom. The van der Waals surface area contributed by atoms with Gasteiger partial charge in [-0.1, -0.05) is 340 Å². The van der Waals surface area contributed by atoms with Gasteiger partial charge >= 0.3 is 0 Å². The van der Waals surface area contributed by atoms with Gasteiger partial charge in [0.2, 0.25) is 0 Å². The van der Waals surface area contributed by atoms with Crippen LogP contribution in [0.4, 0.5) is 34.3 Å². The largest absolute Gasteiger partial charge is 0.317 e. The van der Waals surface area contributed by atoms with Crippen LogP contribution in [0.5, 0.6) is 0 Å². The summed E-state index contributed by atoms with van der Waals surface area (Å²) in [6.07, 6.45) is 13.5. The molecule has 3 aliphatic heterocycles. The maximum atomic E-state index is 5.24. The molecular formula is C134H88N10. The molecule has 9 heterocycles. The van der Waals surface area contributed by atoms with Crippen LogP contribution in [0.1, 0.15) is 16.7 Å². The smallest absolute Gasteiger partial charge is 0.160 e. The van der Waals surface area contributed by atoms with Gasteiger partial charge in [0.25, 0.3) is 0 Å². The number of hydrogen-bond donors (Lipinski definition) is 0. The average Bonchev–Trinajstić information content (AvgIpc) is 1.55. The van der Waals surface area contributed by atoms with Crippen molar-refractivity contribution in [2.24, 2.45) is 0 Å². The Balaban J connectivity index is 0.000000108. The van der Waals surface area contributed by atoms with Crippen molar-refractivity contribution in [1.82, 2.24) is 33.6 Å². The van der Waals surface area contributed by atoms with Crippen molar-refractivity contribution in [3.8, 4) is 107 Å². The molecule has 0 amide bonds. The summed E-state index contributed by atoms with van der Waals surface area (Å²) in [6, 6.07) is 176. The van der Waals surface area contributed by atoms with Crippen LogP contribution in [-0.4, -0.2) is 33.6 Å². The molecule has 0 fully saturated rings. The summed E-state index contributed by atoms with van der Waals surface area (Å²) in [4.78, 5) is 27.3. The molecule has 0 radical (unpaired) electrons. The third kappa shape index (κ3) is 14.7. The Kier molecular flexibility index (Phi) is 20.7. The van der Waals surface area contributed by atoms with E-state index in [4.69, 9.17) is 19.9 Å². The monoisotopic (exact) mass is 1840 g/mol. The fourth-order valence-electron chi connectivity index (χ4n) is 21.9. The molecule has 0 saturated heterocycles. The third-order valence-corrected chi connectivity index (χ3v) is 28.4. The normalized spacial score (nSPS) is 12.3. The zero-order valence-electron chi connectivity index (χ0n) is 78.3. The number of aromatic nitrogens is 7. The molecule has 144 heavy (non-hydrogen) atoms. The van der Waals surface area contributed by atoms with E-state index in [2.05, 4.69) is 514 Å². The highest BCUT2D eigenvalue weighted by Crippen LogP contribution is 2.52. The summed E-state index contributed by atoms with van der Waals surface area (Å²) in [5.41, 5.74) is 35.9. The number of benzene rings is 20. The molecule has 0 aliphatic carbocycles. The lowest BCUT2D eigenvalue weighted by atomic mass is 9.94. The molecule has 3 aliphatic rings. The molecular weight excluding hydrogens is 1750 g/mol. The van der Waals surface area contributed by atoms with Crippen LogP contribution >= 0.6 is 0 Å². The zero-order valence-corrected chi connectivity index (χ0v) is 78.3. The van der Waals surface area contributed by atoms with E-state index in [9.17, 15) is 0 Å². The second-order valence-electron chi connectivity index (χ2n) is 36.8. The van der Waals surface area contributed by atoms with E-state index in [1.807, 2.05) is 48.5 Å². The number of rotatable bonds is 14. The van der Waals surface area contributed by atoms with Crippen molar-refractivity contribution in [3.05, 3.63) is 533 Å². The quantitative estimate of drug-likeness (QED) is 0.107. The molecule has 0 bridgehead atoms. The maximum absolute atomic E-state index is 5.24. The van der Waals surface area contributed by atoms with Crippen molar-refractivity contribution in [3.63, 3.8) is 0 Å². The topological polar surface area (TPSA) is 76.1 Å². The van der Waals surface area contributed by atoms with Gasteiger partial charge in [-0.3, -0.25) is 0 Å². The molecule has 29 rings (SSSR count). The van der Waals surface area contributed by atoms with Gasteiger partial charge in [0.15, 0.2) is 5.82 Å². The second kappa shape index (κ2) is 35.5. The fraction of sp³-hybridized carbons (Fsp3) is 0. The molecule has 10 nitrogen and oxygen atoms in total. The lowest BCUT2D eigenvalue weighted by Crippen LogP contribution is -2.14. The van der Waals surface area contributed by atoms with E-state index in [-0.39, 0.29) is 0 Å². The first-order valence-corrected chi connectivity index (χ1v) is 49.0. The van der Waals surface area contributed by atoms with Crippen LogP contribution in [-0.2, 0) is 0 Å². The number of hydrogen-bond acceptors (Lipinski definition) is 7. The SMILES string of the molecule is C1=CN(c2cc(-c3ccccc3)cc(-c3ccccc3)n2)c2cccc3cc4c(c1c23)c1ccccc1n4-c1ccccc1.C1=CN(c2ccc(-c3cc(-c4ccccc4)cc(-c4ccccc4)n3)cc2)c2cccc3cc4c(c1c23)c1ccccc1n4-c1ccccc1.C1=CN(c2ccc(-c3nc(-c4ccccc4)cc(-c4ccccc4)n3)cc2)c2cccc3cc4c(c1c23)c1ccccc1n4-c1ccccc1. The summed E-state index contributed by atoms with van der Waals surface area (Å²) in [5.74, 6) is 1.60. The average molecular weight is 1840 g/mol. The number of para-hydroxylation sites is 6. The Bertz CT molecular complexity index is 9030. The molecule has 0 atom stereocenters. The van der Waals surface area contributed by atoms with Crippen molar-refractivity contribution in [2.75, 3.05) is 14.7 Å². The summed E-state index contributed by atoms with van der Waals surface area (Å²) >= 11 is 0. The molecule has 0 N–H and O–H groups in total. The second-order valence-corrected chi connectivity index (χ2v) is 36.8. The van der Waals surface area contributed by atoms with Gasteiger partial charge in [0.1, 0.15) is 5.82 Å². The third-order valence-electron chi connectivity index (χ3n) is 28.4. The summed E-state index contributed by atoms with van der Waals surface area (Å²) < 4.78 is 7.19. The first-order valence-electron chi connectivity index (χ1n) is 49.0. The van der Waals surface area contributed by atoms with E-state index in [1.54, 1.807) is 0 Å². The minimum absolute atomic E-state index is 0.704. The highest BCUT2D eigenvalue weighted by Gasteiger charge is 2.30. The van der Waals surface area contributed by atoms with Gasteiger partial charge in [0.05, 0.1) is 78.6 Å². The Labute approximate surface area is 832 Å². The first kappa shape index (κ1) is 83.9. The molecule has 26 aromatic rings. The van der Waals surface area contributed by atoms with E-state index in [0.29, 0.717) is 5.82 Å². The summed E-state index contributed by atoms with van der Waals surface area (Å²) in [6.45, 7) is 0. The van der Waals surface area contributed by atoms with Crippen LogP contribution in [0.25, 0.3) is 223 Å². The lowest BCUT2D eigenvalue weighted by Gasteiger charge is -2.27. The van der Waals surface area contributed by atoms with Gasteiger partial charge in [-0.05, 0) is 231 Å². The van der Waals surface area contributed by atoms with Crippen molar-refractivity contribution in [2.45, 2.75) is 0 Å². The minimum atomic E-state index is 0.704. The molecule has 0 unspecified atom stereocenters. The number of anilines is 6. The number of nitrogens with zero attached hydrogens (tertiary/aromatic N) is 10. The number of pyridine rings is 2. The van der Waals surface area contributed by atoms with Crippen LogP contribution in [0.2, 0.25) is 0 Å². The van der Waals surface area contributed by atoms with Gasteiger partial charge < -0.3 is 28.4 Å². The summed E-state index contributed by atoms with van der Waals surface area (Å²) in [5, 5.41) is 15.0. The molecule has 0 spiro atoms. The van der Waals surface area contributed by atoms with Crippen molar-refractivity contribution < 1.29 is 0 Å². The highest BCUT2D eigenvalue weighted by atomic mass is 15.2. The molecule has 10 heteroatoms. The Hall–Kier alpha value is -19.4. The van der Waals surface area contributed by atoms with E-state index >= 15 is 0 Å². The Morgan fingerprint density at radius 3 is 0.792 bits per heavy atom. The van der Waals surface area contributed by atoms with Gasteiger partial charge in [-0.2, -0.15) is 0 Å². The Morgan fingerprint density at radius 1 is 0.160 bits per heavy atom. The number of fused-ring (bicyclic) bond motifs is 12. The van der Waals surface area contributed by atoms with Gasteiger partial charge in [-0.25, -0.2) is 19.9 Å². The molecule has 20 aromatic carbocycles. The van der Waals surface area contributed by atoms with Crippen LogP contribution in [0.3, 0.4) is 0 Å². The zero-order chi connectivity index (χ0) is 95.1. The summed E-state index contributed by atoms with van der Waals surface area (Å²) in [7, 11) is 0. The first-order chi connectivity index (χ1) is 71.4. The van der Waals surface area contributed by atoms with E-state index < -0.39 is 0 Å². The standard InChI is InChI=1S/C47H31N3.C46H30N4.C41H27N3/c1-4-13-32(14-5-1)36-29-41(33-15-6-2-7-16-33)48-42(30-36)34-23-25-37(26-24-34)49-28-27-40-46-35(17-12-22-44(46)49)31-45-47(40)39-20-10-11-21-43(39)50(45)38-18-8-3-9-19-38;1-4-13-31(14-5-1)39-30-40(32-15-6-2-7-16-32)48-46(47-39)33-23-25-35(26-24-33)49-28-27-38-44-34(17-12-22-42(44)49)29-43-45(38)37-20-10-11-21-41(37)50(43)36-18-8-3-9-19-36;1-4-13-28(14-5-1)31-25-35(29-15-6-2-7-16-29)42-39(27-31)43-24-23-34-40-30(17-12-22-37(40)43)26-38-41(34)33-20-10-11-21-36(33)44(38)32-18-8-3-9-19-32/h1-31H;1-30H;1-27H. The lowest BCUT2D eigenvalue weighted by molar-refractivity contribution is 1.18. The molecule has 6 aromatic heterocycles. The predicted molar refractivity (Wildman–Crippen MR) is 602 cm³/mol. The minimum Gasteiger partial charge on any atom is -0.317 e. The molecule has 674 valence electrons. The maximum Gasteiger partial charge on any atom is 0.160 e. The van der Waals surface area contributed by atoms with Gasteiger partial charge in [0, 0.05) is 129 Å². The van der Waals surface area contributed by atoms with Crippen LogP contribution in [0, 0.1) is 0 Å². The fourth-order valence-corrected chi connectivity index (χ4v) is 21.9. The van der Waals surface area contributed by atoms with Crippen molar-refractivity contribution in [1.29, 1.82) is 0 Å². The van der Waals surface area contributed by atoms with Crippen LogP contribution < -0.4 is 14.7 Å². The van der Waals surface area contributed by atoms with E-state index in [1.165, 1.54) is 143 Å². The van der Waals surface area contributed by atoms with Gasteiger partial charge in [-0.15, -0.1) is 0 Å². The van der Waals surface area contributed by atoms with Crippen LogP contribution in [0.15, 0.2) is 516 Å². The van der Waals surface area contributed by atoms with E-state index in [0.717, 1.165) is 107 Å². The molecule has 0 saturated carbocycles.